The molecular weight excluding hydrogens is 272 g/mol. The van der Waals surface area contributed by atoms with Gasteiger partial charge in [0.1, 0.15) is 12.4 Å². The third-order valence-corrected chi connectivity index (χ3v) is 2.99. The number of anilines is 1. The SMILES string of the molecule is Cc1ccc(OCC(C)Nc2c([N+](=O)[O-])ncn2C)cc1. The van der Waals surface area contributed by atoms with E-state index in [2.05, 4.69) is 10.3 Å². The lowest BCUT2D eigenvalue weighted by molar-refractivity contribution is -0.388. The van der Waals surface area contributed by atoms with Crippen molar-refractivity contribution in [2.75, 3.05) is 11.9 Å². The molecule has 1 atom stereocenters. The zero-order valence-electron chi connectivity index (χ0n) is 12.2. The minimum atomic E-state index is -0.504. The molecule has 7 nitrogen and oxygen atoms in total. The van der Waals surface area contributed by atoms with Crippen molar-refractivity contribution in [2.24, 2.45) is 7.05 Å². The lowest BCUT2D eigenvalue weighted by Gasteiger charge is -2.15. The van der Waals surface area contributed by atoms with E-state index in [1.54, 1.807) is 11.6 Å². The molecule has 0 amide bonds. The van der Waals surface area contributed by atoms with E-state index in [1.807, 2.05) is 38.1 Å². The quantitative estimate of drug-likeness (QED) is 0.653. The predicted molar refractivity (Wildman–Crippen MR) is 79.6 cm³/mol. The molecule has 0 aliphatic rings. The van der Waals surface area contributed by atoms with Gasteiger partial charge < -0.3 is 20.2 Å². The molecule has 0 aliphatic carbocycles. The molecule has 0 saturated carbocycles. The van der Waals surface area contributed by atoms with Crippen LogP contribution in [-0.4, -0.2) is 27.1 Å². The molecule has 2 aromatic rings. The van der Waals surface area contributed by atoms with Crippen molar-refractivity contribution in [2.45, 2.75) is 19.9 Å². The van der Waals surface area contributed by atoms with Gasteiger partial charge >= 0.3 is 5.82 Å². The van der Waals surface area contributed by atoms with Gasteiger partial charge in [0.15, 0.2) is 0 Å². The van der Waals surface area contributed by atoms with Gasteiger partial charge in [-0.1, -0.05) is 17.7 Å². The number of nitrogens with one attached hydrogen (secondary N) is 1. The Morgan fingerprint density at radius 2 is 2.10 bits per heavy atom. The molecule has 7 heteroatoms. The molecule has 1 N–H and O–H groups in total. The Morgan fingerprint density at radius 3 is 2.71 bits per heavy atom. The monoisotopic (exact) mass is 290 g/mol. The van der Waals surface area contributed by atoms with Crippen LogP contribution in [0.15, 0.2) is 30.6 Å². The fourth-order valence-corrected chi connectivity index (χ4v) is 1.85. The number of nitrogens with zero attached hydrogens (tertiary/aromatic N) is 3. The number of nitro groups is 1. The molecule has 0 spiro atoms. The summed E-state index contributed by atoms with van der Waals surface area (Å²) in [7, 11) is 1.70. The molecule has 1 unspecified atom stereocenters. The Balaban J connectivity index is 1.96. The average molecular weight is 290 g/mol. The number of aryl methyl sites for hydroxylation is 2. The van der Waals surface area contributed by atoms with Gasteiger partial charge in [0.25, 0.3) is 0 Å². The molecule has 0 fully saturated rings. The van der Waals surface area contributed by atoms with Crippen LogP contribution in [0.25, 0.3) is 0 Å². The summed E-state index contributed by atoms with van der Waals surface area (Å²) >= 11 is 0. The van der Waals surface area contributed by atoms with Gasteiger partial charge in [0, 0.05) is 7.05 Å². The van der Waals surface area contributed by atoms with E-state index in [4.69, 9.17) is 4.74 Å². The van der Waals surface area contributed by atoms with E-state index in [0.717, 1.165) is 5.75 Å². The lowest BCUT2D eigenvalue weighted by Crippen LogP contribution is -2.25. The second-order valence-corrected chi connectivity index (χ2v) is 4.95. The van der Waals surface area contributed by atoms with E-state index in [1.165, 1.54) is 11.9 Å². The van der Waals surface area contributed by atoms with Gasteiger partial charge in [-0.3, -0.25) is 4.57 Å². The van der Waals surface area contributed by atoms with Crippen molar-refractivity contribution in [1.82, 2.24) is 9.55 Å². The number of rotatable bonds is 6. The second kappa shape index (κ2) is 6.25. The third-order valence-electron chi connectivity index (χ3n) is 2.99. The summed E-state index contributed by atoms with van der Waals surface area (Å²) in [5.41, 5.74) is 1.17. The van der Waals surface area contributed by atoms with Crippen molar-refractivity contribution in [3.8, 4) is 5.75 Å². The molecule has 1 aromatic carbocycles. The van der Waals surface area contributed by atoms with Crippen LogP contribution >= 0.6 is 0 Å². The van der Waals surface area contributed by atoms with Crippen molar-refractivity contribution < 1.29 is 9.66 Å². The minimum absolute atomic E-state index is 0.0968. The topological polar surface area (TPSA) is 82.2 Å². The van der Waals surface area contributed by atoms with Crippen LogP contribution in [0.4, 0.5) is 11.6 Å². The summed E-state index contributed by atoms with van der Waals surface area (Å²) in [4.78, 5) is 14.1. The summed E-state index contributed by atoms with van der Waals surface area (Å²) in [6, 6.07) is 7.64. The number of ether oxygens (including phenoxy) is 1. The number of hydrogen-bond acceptors (Lipinski definition) is 5. The maximum atomic E-state index is 10.9. The van der Waals surface area contributed by atoms with Crippen molar-refractivity contribution in [3.05, 3.63) is 46.3 Å². The van der Waals surface area contributed by atoms with Crippen LogP contribution in [0.5, 0.6) is 5.75 Å². The average Bonchev–Trinajstić information content (AvgIpc) is 2.80. The lowest BCUT2D eigenvalue weighted by atomic mass is 10.2. The van der Waals surface area contributed by atoms with Crippen LogP contribution in [0.1, 0.15) is 12.5 Å². The minimum Gasteiger partial charge on any atom is -0.491 e. The maximum absolute atomic E-state index is 10.9. The molecule has 21 heavy (non-hydrogen) atoms. The zero-order chi connectivity index (χ0) is 15.4. The molecular formula is C14H18N4O3. The van der Waals surface area contributed by atoms with Gasteiger partial charge in [0.2, 0.25) is 12.1 Å². The highest BCUT2D eigenvalue weighted by molar-refractivity contribution is 5.52. The van der Waals surface area contributed by atoms with Crippen molar-refractivity contribution in [3.63, 3.8) is 0 Å². The first kappa shape index (κ1) is 14.8. The van der Waals surface area contributed by atoms with Crippen LogP contribution in [-0.2, 0) is 7.05 Å². The molecule has 0 aliphatic heterocycles. The Bertz CT molecular complexity index is 622. The summed E-state index contributed by atoms with van der Waals surface area (Å²) in [6.07, 6.45) is 1.41. The molecule has 0 radical (unpaired) electrons. The normalized spacial score (nSPS) is 12.0. The highest BCUT2D eigenvalue weighted by atomic mass is 16.6. The highest BCUT2D eigenvalue weighted by Crippen LogP contribution is 2.22. The highest BCUT2D eigenvalue weighted by Gasteiger charge is 2.21. The van der Waals surface area contributed by atoms with Crippen molar-refractivity contribution in [1.29, 1.82) is 0 Å². The first-order valence-corrected chi connectivity index (χ1v) is 6.59. The van der Waals surface area contributed by atoms with Crippen LogP contribution in [0.2, 0.25) is 0 Å². The van der Waals surface area contributed by atoms with E-state index in [0.29, 0.717) is 12.4 Å². The second-order valence-electron chi connectivity index (χ2n) is 4.95. The Labute approximate surface area is 122 Å². The van der Waals surface area contributed by atoms with Crippen LogP contribution < -0.4 is 10.1 Å². The number of hydrogen-bond donors (Lipinski definition) is 1. The molecule has 0 saturated heterocycles. The number of imidazole rings is 1. The summed E-state index contributed by atoms with van der Waals surface area (Å²) in [5.74, 6) is 0.966. The predicted octanol–water partition coefficient (Wildman–Crippen LogP) is 2.52. The molecule has 1 heterocycles. The summed E-state index contributed by atoms with van der Waals surface area (Å²) in [5, 5.41) is 13.9. The zero-order valence-corrected chi connectivity index (χ0v) is 12.2. The van der Waals surface area contributed by atoms with Gasteiger partial charge in [-0.15, -0.1) is 0 Å². The smallest absolute Gasteiger partial charge is 0.406 e. The van der Waals surface area contributed by atoms with Gasteiger partial charge in [-0.25, -0.2) is 0 Å². The van der Waals surface area contributed by atoms with E-state index < -0.39 is 4.92 Å². The Morgan fingerprint density at radius 1 is 1.43 bits per heavy atom. The van der Waals surface area contributed by atoms with Crippen molar-refractivity contribution >= 4 is 11.6 Å². The van der Waals surface area contributed by atoms with Gasteiger partial charge in [-0.05, 0) is 35.9 Å². The summed E-state index contributed by atoms with van der Waals surface area (Å²) in [6.45, 7) is 4.30. The van der Waals surface area contributed by atoms with Gasteiger partial charge in [-0.2, -0.15) is 0 Å². The number of aromatic nitrogens is 2. The standard InChI is InChI=1S/C14H18N4O3/c1-10-4-6-12(7-5-10)21-8-11(2)16-14-13(18(19)20)15-9-17(14)3/h4-7,9,11,16H,8H2,1-3H3. The van der Waals surface area contributed by atoms with E-state index >= 15 is 0 Å². The molecule has 2 rings (SSSR count). The fraction of sp³-hybridized carbons (Fsp3) is 0.357. The van der Waals surface area contributed by atoms with E-state index in [-0.39, 0.29) is 11.9 Å². The molecule has 0 bridgehead atoms. The largest absolute Gasteiger partial charge is 0.491 e. The van der Waals surface area contributed by atoms with E-state index in [9.17, 15) is 10.1 Å². The Hall–Kier alpha value is -2.57. The number of benzene rings is 1. The first-order chi connectivity index (χ1) is 9.97. The molecule has 1 aromatic heterocycles. The Kier molecular flexibility index (Phi) is 4.42. The van der Waals surface area contributed by atoms with Gasteiger partial charge in [0.05, 0.1) is 6.04 Å². The third kappa shape index (κ3) is 3.71. The van der Waals surface area contributed by atoms with Crippen LogP contribution in [0, 0.1) is 17.0 Å². The maximum Gasteiger partial charge on any atom is 0.406 e. The summed E-state index contributed by atoms with van der Waals surface area (Å²) < 4.78 is 7.23. The van der Waals surface area contributed by atoms with Crippen LogP contribution in [0.3, 0.4) is 0 Å². The first-order valence-electron chi connectivity index (χ1n) is 6.59. The molecule has 112 valence electrons. The fourth-order valence-electron chi connectivity index (χ4n) is 1.85.